The second-order valence-corrected chi connectivity index (χ2v) is 4.89. The Bertz CT molecular complexity index is 621. The summed E-state index contributed by atoms with van der Waals surface area (Å²) in [6.07, 6.45) is -0.502. The second kappa shape index (κ2) is 10.4. The number of alkyl carbamates (subject to hydrolysis) is 1. The van der Waals surface area contributed by atoms with Gasteiger partial charge in [0.05, 0.1) is 0 Å². The zero-order chi connectivity index (χ0) is 18.7. The number of nitrogens with zero attached hydrogens (tertiary/aromatic N) is 2. The Morgan fingerprint density at radius 1 is 1.32 bits per heavy atom. The van der Waals surface area contributed by atoms with E-state index in [1.54, 1.807) is 29.7 Å². The molecular weight excluding hydrogens is 334 g/mol. The van der Waals surface area contributed by atoms with E-state index < -0.39 is 23.1 Å². The van der Waals surface area contributed by atoms with E-state index in [9.17, 15) is 14.5 Å². The van der Waals surface area contributed by atoms with Crippen molar-refractivity contribution in [1.82, 2.24) is 10.7 Å². The van der Waals surface area contributed by atoms with Gasteiger partial charge in [-0.3, -0.25) is 0 Å². The normalized spacial score (nSPS) is 12.1. The van der Waals surface area contributed by atoms with Gasteiger partial charge in [-0.1, -0.05) is 30.3 Å². The molecule has 1 aromatic rings. The van der Waals surface area contributed by atoms with Gasteiger partial charge in [-0.25, -0.2) is 19.8 Å². The number of carbonyl (C=O) groups excluding carboxylic acids is 1. The number of hydrogen-bond donors (Lipinski definition) is 5. The topological polar surface area (TPSA) is 166 Å². The maximum atomic E-state index is 11.7. The average molecular weight is 354 g/mol. The summed E-state index contributed by atoms with van der Waals surface area (Å²) >= 11 is 0. The largest absolute Gasteiger partial charge is 0.480 e. The summed E-state index contributed by atoms with van der Waals surface area (Å²) < 4.78 is 4.96. The zero-order valence-corrected chi connectivity index (χ0v) is 13.3. The van der Waals surface area contributed by atoms with Crippen molar-refractivity contribution in [3.8, 4) is 0 Å². The molecule has 1 amide bonds. The van der Waals surface area contributed by atoms with E-state index in [1.165, 1.54) is 0 Å². The number of guanidine groups is 1. The van der Waals surface area contributed by atoms with Crippen LogP contribution in [0, 0.1) is 4.91 Å². The number of aliphatic carboxylic acids is 1. The molecule has 0 aromatic heterocycles. The van der Waals surface area contributed by atoms with E-state index in [0.717, 1.165) is 5.56 Å². The van der Waals surface area contributed by atoms with Crippen LogP contribution in [0.15, 0.2) is 35.3 Å². The summed E-state index contributed by atoms with van der Waals surface area (Å²) in [5.41, 5.74) is 7.81. The van der Waals surface area contributed by atoms with Gasteiger partial charge >= 0.3 is 17.1 Å². The Balaban J connectivity index is 2.37. The third kappa shape index (κ3) is 8.74. The third-order valence-corrected chi connectivity index (χ3v) is 2.95. The fourth-order valence-corrected chi connectivity index (χ4v) is 1.79. The first-order valence-corrected chi connectivity index (χ1v) is 7.31. The van der Waals surface area contributed by atoms with Crippen LogP contribution in [0.1, 0.15) is 18.4 Å². The van der Waals surface area contributed by atoms with Gasteiger partial charge < -0.3 is 20.9 Å². The molecule has 25 heavy (non-hydrogen) atoms. The monoisotopic (exact) mass is 354 g/mol. The minimum atomic E-state index is -1.21. The molecule has 0 heterocycles. The van der Waals surface area contributed by atoms with Crippen molar-refractivity contribution in [2.75, 3.05) is 6.54 Å². The van der Waals surface area contributed by atoms with Crippen molar-refractivity contribution in [3.05, 3.63) is 40.8 Å². The van der Waals surface area contributed by atoms with Gasteiger partial charge in [0.25, 0.3) is 5.96 Å². The lowest BCUT2D eigenvalue weighted by molar-refractivity contribution is -0.822. The molecule has 0 aliphatic carbocycles. The molecule has 0 fully saturated rings. The van der Waals surface area contributed by atoms with Crippen LogP contribution in [0.2, 0.25) is 0 Å². The van der Waals surface area contributed by atoms with E-state index in [1.807, 2.05) is 6.07 Å². The molecular formula is C14H20N5O6+. The number of ether oxygens (including phenoxy) is 1. The molecule has 0 radical (unpaired) electrons. The summed E-state index contributed by atoms with van der Waals surface area (Å²) in [6.45, 7) is 0.121. The predicted molar refractivity (Wildman–Crippen MR) is 85.5 cm³/mol. The average Bonchev–Trinajstić information content (AvgIpc) is 2.55. The molecule has 0 saturated heterocycles. The number of aliphatic imine (C=N–C) groups is 1. The predicted octanol–water partition coefficient (Wildman–Crippen LogP) is 0.134. The molecule has 0 unspecified atom stereocenters. The molecule has 6 N–H and O–H groups in total. The van der Waals surface area contributed by atoms with Crippen LogP contribution in [0.25, 0.3) is 0 Å². The van der Waals surface area contributed by atoms with Crippen molar-refractivity contribution in [2.45, 2.75) is 25.5 Å². The lowest BCUT2D eigenvalue weighted by Crippen LogP contribution is -2.41. The quantitative estimate of drug-likeness (QED) is 0.181. The summed E-state index contributed by atoms with van der Waals surface area (Å²) in [7, 11) is 0. The highest BCUT2D eigenvalue weighted by Crippen LogP contribution is 2.03. The Hall–Kier alpha value is -3.37. The summed E-state index contributed by atoms with van der Waals surface area (Å²) in [6, 6.07) is 7.80. The van der Waals surface area contributed by atoms with E-state index in [2.05, 4.69) is 10.3 Å². The first-order chi connectivity index (χ1) is 11.9. The van der Waals surface area contributed by atoms with Gasteiger partial charge in [0.1, 0.15) is 17.6 Å². The zero-order valence-electron chi connectivity index (χ0n) is 13.3. The Morgan fingerprint density at radius 2 is 2.00 bits per heavy atom. The lowest BCUT2D eigenvalue weighted by Gasteiger charge is -2.14. The molecule has 11 nitrogen and oxygen atoms in total. The number of benzene rings is 1. The Kier molecular flexibility index (Phi) is 8.20. The van der Waals surface area contributed by atoms with E-state index in [4.69, 9.17) is 20.8 Å². The molecule has 11 heteroatoms. The summed E-state index contributed by atoms with van der Waals surface area (Å²) in [5.74, 6) is -1.53. The van der Waals surface area contributed by atoms with Crippen molar-refractivity contribution >= 4 is 18.0 Å². The minimum Gasteiger partial charge on any atom is -0.480 e. The van der Waals surface area contributed by atoms with Crippen molar-refractivity contribution in [2.24, 2.45) is 10.7 Å². The Morgan fingerprint density at radius 3 is 2.60 bits per heavy atom. The fourth-order valence-electron chi connectivity index (χ4n) is 1.79. The van der Waals surface area contributed by atoms with Crippen LogP contribution in [0.5, 0.6) is 0 Å². The molecule has 136 valence electrons. The van der Waals surface area contributed by atoms with Crippen LogP contribution < -0.4 is 16.5 Å². The smallest absolute Gasteiger partial charge is 0.408 e. The molecule has 0 saturated carbocycles. The van der Waals surface area contributed by atoms with Crippen molar-refractivity contribution < 1.29 is 29.7 Å². The highest BCUT2D eigenvalue weighted by Gasteiger charge is 2.20. The van der Waals surface area contributed by atoms with Gasteiger partial charge in [-0.05, 0) is 23.8 Å². The van der Waals surface area contributed by atoms with Crippen LogP contribution in [0.4, 0.5) is 4.79 Å². The Labute approximate surface area is 143 Å². The number of nitrogens with one attached hydrogen (secondary N) is 2. The van der Waals surface area contributed by atoms with Crippen LogP contribution in [-0.2, 0) is 16.1 Å². The summed E-state index contributed by atoms with van der Waals surface area (Å²) in [5, 5.41) is 19.1. The number of carboxylic acids is 1. The number of nitrogens with two attached hydrogens (primary N) is 1. The third-order valence-electron chi connectivity index (χ3n) is 2.95. The van der Waals surface area contributed by atoms with Gasteiger partial charge in [-0.15, -0.1) is 0 Å². The van der Waals surface area contributed by atoms with Crippen molar-refractivity contribution in [1.29, 1.82) is 0 Å². The van der Waals surface area contributed by atoms with Crippen LogP contribution in [0.3, 0.4) is 0 Å². The van der Waals surface area contributed by atoms with E-state index in [-0.39, 0.29) is 32.0 Å². The SMILES string of the molecule is NC(=NCCC[C@H](NC(=O)OCc1ccccc1)C(=O)O)N[N+](=O)O. The first kappa shape index (κ1) is 19.7. The molecule has 0 aliphatic rings. The molecule has 0 aliphatic heterocycles. The highest BCUT2D eigenvalue weighted by molar-refractivity contribution is 5.79. The highest BCUT2D eigenvalue weighted by atomic mass is 16.7. The number of hydrazine groups is 1. The molecule has 1 atom stereocenters. The van der Waals surface area contributed by atoms with Gasteiger partial charge in [0.2, 0.25) is 0 Å². The number of carbonyl (C=O) groups is 2. The summed E-state index contributed by atoms with van der Waals surface area (Å²) in [4.78, 5) is 36.8. The van der Waals surface area contributed by atoms with Gasteiger partial charge in [-0.2, -0.15) is 0 Å². The molecule has 1 aromatic carbocycles. The van der Waals surface area contributed by atoms with Gasteiger partial charge in [0.15, 0.2) is 0 Å². The number of amides is 1. The maximum absolute atomic E-state index is 11.7. The number of rotatable bonds is 9. The minimum absolute atomic E-state index is 0.0262. The lowest BCUT2D eigenvalue weighted by atomic mass is 10.1. The first-order valence-electron chi connectivity index (χ1n) is 7.31. The standard InChI is InChI=1S/C14H19N5O6/c15-13(18-19(23)24)16-8-4-7-11(12(20)21)17-14(22)25-9-10-5-2-1-3-6-10/h1-3,5-6,11H,4,7-9H2,(H5-,15,16,17,18,20,21,22,23,24)/p+1/t11-/m0/s1. The molecule has 1 rings (SSSR count). The van der Waals surface area contributed by atoms with E-state index in [0.29, 0.717) is 0 Å². The van der Waals surface area contributed by atoms with Crippen molar-refractivity contribution in [3.63, 3.8) is 0 Å². The van der Waals surface area contributed by atoms with Gasteiger partial charge in [0, 0.05) is 6.54 Å². The van der Waals surface area contributed by atoms with Crippen LogP contribution in [-0.4, -0.2) is 46.0 Å². The second-order valence-electron chi connectivity index (χ2n) is 4.89. The van der Waals surface area contributed by atoms with E-state index >= 15 is 0 Å². The molecule has 0 spiro atoms. The fraction of sp³-hybridized carbons (Fsp3) is 0.357. The maximum Gasteiger partial charge on any atom is 0.408 e. The van der Waals surface area contributed by atoms with Crippen LogP contribution >= 0.6 is 0 Å². The number of hydrogen-bond acceptors (Lipinski definition) is 5. The molecule has 0 bridgehead atoms. The number of carboxylic acid groups (broad SMARTS) is 1.